The van der Waals surface area contributed by atoms with E-state index >= 15 is 0 Å². The molecule has 5 heteroatoms. The summed E-state index contributed by atoms with van der Waals surface area (Å²) in [5.41, 5.74) is 6.54. The Morgan fingerprint density at radius 1 is 1.67 bits per heavy atom. The minimum atomic E-state index is 0.0386. The van der Waals surface area contributed by atoms with E-state index in [9.17, 15) is 4.79 Å². The summed E-state index contributed by atoms with van der Waals surface area (Å²) in [6.07, 6.45) is 2.27. The van der Waals surface area contributed by atoms with Crippen LogP contribution in [0.5, 0.6) is 0 Å². The highest BCUT2D eigenvalue weighted by atomic mass is 16.1. The third-order valence-corrected chi connectivity index (χ3v) is 2.00. The highest BCUT2D eigenvalue weighted by molar-refractivity contribution is 5.76. The molecule has 5 nitrogen and oxygen atoms in total. The molecular weight excluding hydrogens is 192 g/mol. The fourth-order valence-corrected chi connectivity index (χ4v) is 1.26. The van der Waals surface area contributed by atoms with Crippen LogP contribution in [-0.4, -0.2) is 21.7 Å². The van der Waals surface area contributed by atoms with Crippen LogP contribution < -0.4 is 11.1 Å². The maximum absolute atomic E-state index is 11.3. The summed E-state index contributed by atoms with van der Waals surface area (Å²) in [6, 6.07) is 0.182. The third kappa shape index (κ3) is 3.61. The van der Waals surface area contributed by atoms with Gasteiger partial charge in [0, 0.05) is 30.8 Å². The molecule has 0 atom stereocenters. The molecule has 0 aliphatic heterocycles. The summed E-state index contributed by atoms with van der Waals surface area (Å²) in [5, 5.41) is 6.90. The molecule has 1 amide bonds. The van der Waals surface area contributed by atoms with Crippen molar-refractivity contribution in [3.63, 3.8) is 0 Å². The molecule has 0 bridgehead atoms. The van der Waals surface area contributed by atoms with Crippen LogP contribution in [0.4, 0.5) is 5.82 Å². The second-order valence-corrected chi connectivity index (χ2v) is 3.93. The van der Waals surface area contributed by atoms with Gasteiger partial charge in [0.1, 0.15) is 5.82 Å². The molecule has 1 rings (SSSR count). The van der Waals surface area contributed by atoms with Crippen molar-refractivity contribution in [1.29, 1.82) is 0 Å². The summed E-state index contributed by atoms with van der Waals surface area (Å²) >= 11 is 0. The summed E-state index contributed by atoms with van der Waals surface area (Å²) in [6.45, 7) is 6.34. The van der Waals surface area contributed by atoms with E-state index in [4.69, 9.17) is 5.73 Å². The first-order valence-electron chi connectivity index (χ1n) is 5.08. The van der Waals surface area contributed by atoms with Crippen LogP contribution in [0.25, 0.3) is 0 Å². The lowest BCUT2D eigenvalue weighted by molar-refractivity contribution is -0.121. The van der Waals surface area contributed by atoms with Gasteiger partial charge in [-0.25, -0.2) is 0 Å². The molecule has 1 heterocycles. The van der Waals surface area contributed by atoms with Gasteiger partial charge in [-0.2, -0.15) is 5.10 Å². The standard InChI is InChI=1S/C10H18N4O/c1-7(2)12-9(15)4-5-14-6-8(3)10(11)13-14/h6-7H,4-5H2,1-3H3,(H2,11,13)(H,12,15). The van der Waals surface area contributed by atoms with Crippen molar-refractivity contribution >= 4 is 11.7 Å². The number of carbonyl (C=O) groups excluding carboxylic acids is 1. The van der Waals surface area contributed by atoms with E-state index in [1.807, 2.05) is 27.0 Å². The first kappa shape index (κ1) is 11.6. The molecule has 15 heavy (non-hydrogen) atoms. The highest BCUT2D eigenvalue weighted by Gasteiger charge is 2.05. The van der Waals surface area contributed by atoms with Crippen LogP contribution in [-0.2, 0) is 11.3 Å². The number of amides is 1. The molecular formula is C10H18N4O. The zero-order valence-electron chi connectivity index (χ0n) is 9.45. The van der Waals surface area contributed by atoms with Gasteiger partial charge in [0.15, 0.2) is 0 Å². The van der Waals surface area contributed by atoms with E-state index in [0.717, 1.165) is 5.56 Å². The average molecular weight is 210 g/mol. The number of nitrogens with zero attached hydrogens (tertiary/aromatic N) is 2. The Morgan fingerprint density at radius 2 is 2.33 bits per heavy atom. The number of aromatic nitrogens is 2. The SMILES string of the molecule is Cc1cn(CCC(=O)NC(C)C)nc1N. The van der Waals surface area contributed by atoms with E-state index in [-0.39, 0.29) is 11.9 Å². The van der Waals surface area contributed by atoms with E-state index in [1.165, 1.54) is 0 Å². The van der Waals surface area contributed by atoms with Crippen molar-refractivity contribution in [3.05, 3.63) is 11.8 Å². The van der Waals surface area contributed by atoms with Crippen LogP contribution in [0.1, 0.15) is 25.8 Å². The first-order chi connectivity index (χ1) is 6.99. The Bertz CT molecular complexity index is 324. The van der Waals surface area contributed by atoms with Crippen LogP contribution in [0.2, 0.25) is 0 Å². The lowest BCUT2D eigenvalue weighted by atomic mass is 10.3. The number of rotatable bonds is 4. The van der Waals surface area contributed by atoms with Gasteiger partial charge < -0.3 is 11.1 Å². The lowest BCUT2D eigenvalue weighted by Crippen LogP contribution is -2.30. The molecule has 0 aliphatic carbocycles. The predicted molar refractivity (Wildman–Crippen MR) is 59.3 cm³/mol. The maximum atomic E-state index is 11.3. The number of aryl methyl sites for hydroxylation is 2. The molecule has 3 N–H and O–H groups in total. The molecule has 1 aromatic rings. The van der Waals surface area contributed by atoms with Gasteiger partial charge in [-0.3, -0.25) is 9.48 Å². The number of carbonyl (C=O) groups is 1. The van der Waals surface area contributed by atoms with Crippen molar-refractivity contribution in [1.82, 2.24) is 15.1 Å². The van der Waals surface area contributed by atoms with Gasteiger partial charge in [-0.05, 0) is 20.8 Å². The molecule has 0 fully saturated rings. The number of anilines is 1. The monoisotopic (exact) mass is 210 g/mol. The van der Waals surface area contributed by atoms with E-state index in [0.29, 0.717) is 18.8 Å². The Kier molecular flexibility index (Phi) is 3.71. The van der Waals surface area contributed by atoms with Gasteiger partial charge >= 0.3 is 0 Å². The summed E-state index contributed by atoms with van der Waals surface area (Å²) < 4.78 is 1.70. The second kappa shape index (κ2) is 4.82. The molecule has 0 unspecified atom stereocenters. The second-order valence-electron chi connectivity index (χ2n) is 3.93. The Morgan fingerprint density at radius 3 is 2.80 bits per heavy atom. The summed E-state index contributed by atoms with van der Waals surface area (Å²) in [5.74, 6) is 0.566. The fraction of sp³-hybridized carbons (Fsp3) is 0.600. The van der Waals surface area contributed by atoms with Gasteiger partial charge in [-0.1, -0.05) is 0 Å². The number of hydrogen-bond donors (Lipinski definition) is 2. The quantitative estimate of drug-likeness (QED) is 0.768. The van der Waals surface area contributed by atoms with Crippen molar-refractivity contribution < 1.29 is 4.79 Å². The molecule has 0 spiro atoms. The largest absolute Gasteiger partial charge is 0.382 e. The summed E-state index contributed by atoms with van der Waals surface area (Å²) in [4.78, 5) is 11.3. The minimum absolute atomic E-state index is 0.0386. The van der Waals surface area contributed by atoms with Gasteiger partial charge in [0.2, 0.25) is 5.91 Å². The molecule has 0 aromatic carbocycles. The predicted octanol–water partition coefficient (Wildman–Crippen LogP) is 0.688. The minimum Gasteiger partial charge on any atom is -0.382 e. The number of nitrogens with two attached hydrogens (primary N) is 1. The van der Waals surface area contributed by atoms with Crippen molar-refractivity contribution in [2.24, 2.45) is 0 Å². The third-order valence-electron chi connectivity index (χ3n) is 2.00. The Labute approximate surface area is 89.6 Å². The van der Waals surface area contributed by atoms with Crippen LogP contribution >= 0.6 is 0 Å². The molecule has 84 valence electrons. The van der Waals surface area contributed by atoms with Gasteiger partial charge in [0.25, 0.3) is 0 Å². The molecule has 0 aliphatic rings. The first-order valence-corrected chi connectivity index (χ1v) is 5.08. The molecule has 0 saturated heterocycles. The van der Waals surface area contributed by atoms with Crippen LogP contribution in [0, 0.1) is 6.92 Å². The zero-order valence-corrected chi connectivity index (χ0v) is 9.45. The average Bonchev–Trinajstić information content (AvgIpc) is 2.42. The van der Waals surface area contributed by atoms with Crippen molar-refractivity contribution in [2.75, 3.05) is 5.73 Å². The molecule has 1 aromatic heterocycles. The summed E-state index contributed by atoms with van der Waals surface area (Å²) in [7, 11) is 0. The normalized spacial score (nSPS) is 10.7. The topological polar surface area (TPSA) is 72.9 Å². The number of hydrogen-bond acceptors (Lipinski definition) is 3. The maximum Gasteiger partial charge on any atom is 0.222 e. The Hall–Kier alpha value is -1.52. The van der Waals surface area contributed by atoms with Crippen molar-refractivity contribution in [2.45, 2.75) is 39.8 Å². The van der Waals surface area contributed by atoms with Crippen LogP contribution in [0.15, 0.2) is 6.20 Å². The fourth-order valence-electron chi connectivity index (χ4n) is 1.26. The van der Waals surface area contributed by atoms with Crippen molar-refractivity contribution in [3.8, 4) is 0 Å². The van der Waals surface area contributed by atoms with Crippen LogP contribution in [0.3, 0.4) is 0 Å². The van der Waals surface area contributed by atoms with Gasteiger partial charge in [0.05, 0.1) is 0 Å². The highest BCUT2D eigenvalue weighted by Crippen LogP contribution is 2.06. The van der Waals surface area contributed by atoms with E-state index in [2.05, 4.69) is 10.4 Å². The van der Waals surface area contributed by atoms with E-state index in [1.54, 1.807) is 4.68 Å². The lowest BCUT2D eigenvalue weighted by Gasteiger charge is -2.07. The smallest absolute Gasteiger partial charge is 0.222 e. The molecule has 0 saturated carbocycles. The van der Waals surface area contributed by atoms with Gasteiger partial charge in [-0.15, -0.1) is 0 Å². The number of nitrogens with one attached hydrogen (secondary N) is 1. The number of nitrogen functional groups attached to an aromatic ring is 1. The molecule has 0 radical (unpaired) electrons. The zero-order chi connectivity index (χ0) is 11.4. The Balaban J connectivity index is 2.40. The van der Waals surface area contributed by atoms with E-state index < -0.39 is 0 Å².